The maximum absolute atomic E-state index is 11.2. The van der Waals surface area contributed by atoms with Gasteiger partial charge in [-0.05, 0) is 26.7 Å². The van der Waals surface area contributed by atoms with E-state index in [4.69, 9.17) is 0 Å². The molecule has 1 amide bonds. The zero-order chi connectivity index (χ0) is 11.2. The largest absolute Gasteiger partial charge is 0.388 e. The van der Waals surface area contributed by atoms with Crippen LogP contribution in [0.25, 0.3) is 0 Å². The Morgan fingerprint density at radius 1 is 1.36 bits per heavy atom. The molecule has 3 heteroatoms. The molecule has 0 aromatic rings. The third kappa shape index (κ3) is 5.02. The molecule has 0 atom stereocenters. The fourth-order valence-electron chi connectivity index (χ4n) is 1.06. The molecule has 0 aliphatic rings. The quantitative estimate of drug-likeness (QED) is 0.661. The van der Waals surface area contributed by atoms with Crippen molar-refractivity contribution in [3.8, 4) is 0 Å². The van der Waals surface area contributed by atoms with E-state index in [9.17, 15) is 9.90 Å². The standard InChI is InChI=1S/C11H21NO2/c1-5-11(14,6-2)8-12-10(13)7-9(3)4/h7,14H,5-6,8H2,1-4H3,(H,12,13). The predicted molar refractivity (Wildman–Crippen MR) is 58.0 cm³/mol. The normalized spacial score (nSPS) is 10.9. The number of aliphatic hydroxyl groups is 1. The monoisotopic (exact) mass is 199 g/mol. The summed E-state index contributed by atoms with van der Waals surface area (Å²) in [5.41, 5.74) is 0.199. The van der Waals surface area contributed by atoms with E-state index in [-0.39, 0.29) is 5.91 Å². The van der Waals surface area contributed by atoms with E-state index >= 15 is 0 Å². The van der Waals surface area contributed by atoms with Crippen molar-refractivity contribution in [1.29, 1.82) is 0 Å². The van der Waals surface area contributed by atoms with Crippen LogP contribution in [0.1, 0.15) is 40.5 Å². The molecule has 3 nitrogen and oxygen atoms in total. The van der Waals surface area contributed by atoms with Gasteiger partial charge in [0.1, 0.15) is 0 Å². The van der Waals surface area contributed by atoms with Crippen molar-refractivity contribution < 1.29 is 9.90 Å². The fraction of sp³-hybridized carbons (Fsp3) is 0.727. The topological polar surface area (TPSA) is 49.3 Å². The lowest BCUT2D eigenvalue weighted by atomic mass is 9.98. The number of hydrogen-bond acceptors (Lipinski definition) is 2. The SMILES string of the molecule is CCC(O)(CC)CNC(=O)C=C(C)C. The molecule has 0 radical (unpaired) electrons. The van der Waals surface area contributed by atoms with Gasteiger partial charge in [-0.15, -0.1) is 0 Å². The summed E-state index contributed by atoms with van der Waals surface area (Å²) in [6.45, 7) is 7.88. The molecule has 0 bridgehead atoms. The molecular weight excluding hydrogens is 178 g/mol. The second kappa shape index (κ2) is 5.81. The second-order valence-corrected chi connectivity index (χ2v) is 3.87. The zero-order valence-corrected chi connectivity index (χ0v) is 9.55. The Labute approximate surface area is 86.2 Å². The van der Waals surface area contributed by atoms with Crippen LogP contribution in [0.4, 0.5) is 0 Å². The summed E-state index contributed by atoms with van der Waals surface area (Å²) in [5, 5.41) is 12.6. The third-order valence-corrected chi connectivity index (χ3v) is 2.33. The van der Waals surface area contributed by atoms with Gasteiger partial charge >= 0.3 is 0 Å². The predicted octanol–water partition coefficient (Wildman–Crippen LogP) is 1.62. The average Bonchev–Trinajstić information content (AvgIpc) is 2.13. The zero-order valence-electron chi connectivity index (χ0n) is 9.55. The first-order valence-corrected chi connectivity index (χ1v) is 5.08. The Bertz CT molecular complexity index is 213. The molecule has 0 fully saturated rings. The molecule has 0 rings (SSSR count). The van der Waals surface area contributed by atoms with Crippen molar-refractivity contribution in [1.82, 2.24) is 5.32 Å². The average molecular weight is 199 g/mol. The van der Waals surface area contributed by atoms with Crippen LogP contribution in [0.15, 0.2) is 11.6 Å². The van der Waals surface area contributed by atoms with Crippen LogP contribution in [0.5, 0.6) is 0 Å². The first-order valence-electron chi connectivity index (χ1n) is 5.08. The van der Waals surface area contributed by atoms with Gasteiger partial charge in [0.2, 0.25) is 5.91 Å². The molecule has 82 valence electrons. The smallest absolute Gasteiger partial charge is 0.244 e. The maximum Gasteiger partial charge on any atom is 0.244 e. The minimum Gasteiger partial charge on any atom is -0.388 e. The van der Waals surface area contributed by atoms with Gasteiger partial charge in [-0.1, -0.05) is 19.4 Å². The second-order valence-electron chi connectivity index (χ2n) is 3.87. The molecule has 0 saturated carbocycles. The van der Waals surface area contributed by atoms with E-state index in [0.29, 0.717) is 19.4 Å². The van der Waals surface area contributed by atoms with E-state index in [1.807, 2.05) is 27.7 Å². The maximum atomic E-state index is 11.2. The molecule has 0 aromatic carbocycles. The summed E-state index contributed by atoms with van der Waals surface area (Å²) >= 11 is 0. The lowest BCUT2D eigenvalue weighted by Gasteiger charge is -2.24. The highest BCUT2D eigenvalue weighted by atomic mass is 16.3. The number of allylic oxidation sites excluding steroid dienone is 1. The number of nitrogens with one attached hydrogen (secondary N) is 1. The number of carbonyl (C=O) groups excluding carboxylic acids is 1. The van der Waals surface area contributed by atoms with Gasteiger partial charge in [0.05, 0.1) is 5.60 Å². The van der Waals surface area contributed by atoms with Crippen LogP contribution in [0.3, 0.4) is 0 Å². The Hall–Kier alpha value is -0.830. The molecule has 0 saturated heterocycles. The minimum absolute atomic E-state index is 0.134. The molecule has 0 aliphatic heterocycles. The summed E-state index contributed by atoms with van der Waals surface area (Å²) in [6.07, 6.45) is 2.84. The van der Waals surface area contributed by atoms with E-state index in [2.05, 4.69) is 5.32 Å². The van der Waals surface area contributed by atoms with Crippen molar-refractivity contribution in [2.24, 2.45) is 0 Å². The van der Waals surface area contributed by atoms with Crippen molar-refractivity contribution in [2.45, 2.75) is 46.1 Å². The first kappa shape index (κ1) is 13.2. The molecule has 2 N–H and O–H groups in total. The van der Waals surface area contributed by atoms with Gasteiger partial charge in [-0.3, -0.25) is 4.79 Å². The van der Waals surface area contributed by atoms with Crippen molar-refractivity contribution in [3.05, 3.63) is 11.6 Å². The van der Waals surface area contributed by atoms with Gasteiger partial charge in [0.15, 0.2) is 0 Å². The van der Waals surface area contributed by atoms with E-state index in [1.54, 1.807) is 0 Å². The van der Waals surface area contributed by atoms with Gasteiger partial charge in [-0.25, -0.2) is 0 Å². The molecule has 0 aliphatic carbocycles. The van der Waals surface area contributed by atoms with Gasteiger partial charge in [0, 0.05) is 12.6 Å². The van der Waals surface area contributed by atoms with E-state index in [1.165, 1.54) is 6.08 Å². The summed E-state index contributed by atoms with van der Waals surface area (Å²) in [6, 6.07) is 0. The summed E-state index contributed by atoms with van der Waals surface area (Å²) in [7, 11) is 0. The number of carbonyl (C=O) groups is 1. The van der Waals surface area contributed by atoms with Crippen LogP contribution < -0.4 is 5.32 Å². The molecule has 0 aromatic heterocycles. The van der Waals surface area contributed by atoms with Crippen LogP contribution in [0, 0.1) is 0 Å². The Morgan fingerprint density at radius 2 is 1.86 bits per heavy atom. The Kier molecular flexibility index (Phi) is 5.46. The van der Waals surface area contributed by atoms with Crippen LogP contribution in [-0.4, -0.2) is 23.2 Å². The molecule has 14 heavy (non-hydrogen) atoms. The Morgan fingerprint density at radius 3 is 2.21 bits per heavy atom. The summed E-state index contributed by atoms with van der Waals surface area (Å²) in [4.78, 5) is 11.2. The number of amides is 1. The first-order chi connectivity index (χ1) is 6.43. The molecule has 0 spiro atoms. The van der Waals surface area contributed by atoms with E-state index in [0.717, 1.165) is 5.57 Å². The van der Waals surface area contributed by atoms with Crippen LogP contribution in [0.2, 0.25) is 0 Å². The number of rotatable bonds is 5. The molecule has 0 heterocycles. The van der Waals surface area contributed by atoms with E-state index < -0.39 is 5.60 Å². The summed E-state index contributed by atoms with van der Waals surface area (Å²) in [5.74, 6) is -0.134. The van der Waals surface area contributed by atoms with Crippen molar-refractivity contribution >= 4 is 5.91 Å². The van der Waals surface area contributed by atoms with Gasteiger partial charge < -0.3 is 10.4 Å². The van der Waals surface area contributed by atoms with Gasteiger partial charge in [-0.2, -0.15) is 0 Å². The van der Waals surface area contributed by atoms with Crippen LogP contribution >= 0.6 is 0 Å². The molecule has 0 unspecified atom stereocenters. The lowest BCUT2D eigenvalue weighted by molar-refractivity contribution is -0.117. The number of hydrogen-bond donors (Lipinski definition) is 2. The highest BCUT2D eigenvalue weighted by molar-refractivity contribution is 5.88. The fourth-order valence-corrected chi connectivity index (χ4v) is 1.06. The third-order valence-electron chi connectivity index (χ3n) is 2.33. The highest BCUT2D eigenvalue weighted by Gasteiger charge is 2.22. The van der Waals surface area contributed by atoms with Crippen LogP contribution in [-0.2, 0) is 4.79 Å². The van der Waals surface area contributed by atoms with Gasteiger partial charge in [0.25, 0.3) is 0 Å². The molecular formula is C11H21NO2. The summed E-state index contributed by atoms with van der Waals surface area (Å²) < 4.78 is 0. The highest BCUT2D eigenvalue weighted by Crippen LogP contribution is 2.12. The Balaban J connectivity index is 4.05. The lowest BCUT2D eigenvalue weighted by Crippen LogP contribution is -2.41. The minimum atomic E-state index is -0.759. The van der Waals surface area contributed by atoms with Crippen molar-refractivity contribution in [2.75, 3.05) is 6.54 Å². The van der Waals surface area contributed by atoms with Crippen molar-refractivity contribution in [3.63, 3.8) is 0 Å².